The number of fused-ring (bicyclic) bond motifs is 5. The maximum atomic E-state index is 10.5. The van der Waals surface area contributed by atoms with Gasteiger partial charge in [0.2, 0.25) is 0 Å². The standard InChI is InChI=1S/C24H36O3/c1-23-12-11-21-19(7-6-16-14-17(26)10-13-24(16,21)15-25)20(23)8-9-22(23)27-18-4-2-3-5-18/h4,6,17,19-22,25-26H,2-3,5,7-15H2,1H3/t17?,19-,20-,21+,22?,23-,24+/m0/s1. The summed E-state index contributed by atoms with van der Waals surface area (Å²) in [7, 11) is 0. The molecule has 7 atom stereocenters. The molecule has 0 amide bonds. The maximum absolute atomic E-state index is 10.5. The molecule has 27 heavy (non-hydrogen) atoms. The molecule has 0 aromatic carbocycles. The summed E-state index contributed by atoms with van der Waals surface area (Å²) in [5.74, 6) is 3.25. The number of aliphatic hydroxyl groups excluding tert-OH is 2. The largest absolute Gasteiger partial charge is 0.495 e. The highest BCUT2D eigenvalue weighted by Gasteiger charge is 2.60. The third kappa shape index (κ3) is 2.68. The molecule has 0 aromatic heterocycles. The van der Waals surface area contributed by atoms with E-state index < -0.39 is 0 Å². The van der Waals surface area contributed by atoms with Gasteiger partial charge < -0.3 is 14.9 Å². The summed E-state index contributed by atoms with van der Waals surface area (Å²) >= 11 is 0. The van der Waals surface area contributed by atoms with Crippen LogP contribution in [0.25, 0.3) is 0 Å². The van der Waals surface area contributed by atoms with Gasteiger partial charge in [0, 0.05) is 17.3 Å². The molecule has 5 aliphatic rings. The summed E-state index contributed by atoms with van der Waals surface area (Å²) in [5, 5.41) is 20.7. The van der Waals surface area contributed by atoms with E-state index in [4.69, 9.17) is 4.74 Å². The number of hydrogen-bond donors (Lipinski definition) is 2. The summed E-state index contributed by atoms with van der Waals surface area (Å²) < 4.78 is 6.56. The van der Waals surface area contributed by atoms with Gasteiger partial charge in [-0.3, -0.25) is 0 Å². The zero-order valence-electron chi connectivity index (χ0n) is 16.8. The lowest BCUT2D eigenvalue weighted by Gasteiger charge is -2.58. The molecule has 0 radical (unpaired) electrons. The van der Waals surface area contributed by atoms with E-state index in [1.54, 1.807) is 0 Å². The van der Waals surface area contributed by atoms with Crippen LogP contribution in [0.4, 0.5) is 0 Å². The van der Waals surface area contributed by atoms with Crippen molar-refractivity contribution in [3.05, 3.63) is 23.5 Å². The third-order valence-electron chi connectivity index (χ3n) is 9.29. The van der Waals surface area contributed by atoms with Crippen LogP contribution in [0, 0.1) is 28.6 Å². The van der Waals surface area contributed by atoms with E-state index in [-0.39, 0.29) is 18.1 Å². The Morgan fingerprint density at radius 1 is 1.11 bits per heavy atom. The second-order valence-electron chi connectivity index (χ2n) is 10.3. The Morgan fingerprint density at radius 3 is 2.78 bits per heavy atom. The summed E-state index contributed by atoms with van der Waals surface area (Å²) in [4.78, 5) is 0. The van der Waals surface area contributed by atoms with Gasteiger partial charge in [0.25, 0.3) is 0 Å². The fourth-order valence-electron chi connectivity index (χ4n) is 7.81. The summed E-state index contributed by atoms with van der Waals surface area (Å²) in [6.45, 7) is 2.76. The molecular formula is C24H36O3. The van der Waals surface area contributed by atoms with Crippen LogP contribution >= 0.6 is 0 Å². The predicted molar refractivity (Wildman–Crippen MR) is 106 cm³/mol. The van der Waals surface area contributed by atoms with Gasteiger partial charge in [-0.1, -0.05) is 18.6 Å². The topological polar surface area (TPSA) is 49.7 Å². The highest BCUT2D eigenvalue weighted by molar-refractivity contribution is 5.26. The maximum Gasteiger partial charge on any atom is 0.104 e. The second-order valence-corrected chi connectivity index (χ2v) is 10.3. The van der Waals surface area contributed by atoms with Crippen LogP contribution in [0.1, 0.15) is 77.6 Å². The van der Waals surface area contributed by atoms with Crippen molar-refractivity contribution in [3.63, 3.8) is 0 Å². The Labute approximate surface area is 163 Å². The van der Waals surface area contributed by atoms with Crippen molar-refractivity contribution in [2.24, 2.45) is 28.6 Å². The van der Waals surface area contributed by atoms with Crippen molar-refractivity contribution >= 4 is 0 Å². The Morgan fingerprint density at radius 2 is 2.00 bits per heavy atom. The average Bonchev–Trinajstić information content (AvgIpc) is 3.30. The van der Waals surface area contributed by atoms with Gasteiger partial charge in [0.1, 0.15) is 6.10 Å². The Balaban J connectivity index is 1.41. The molecule has 5 rings (SSSR count). The molecule has 2 N–H and O–H groups in total. The molecule has 150 valence electrons. The zero-order chi connectivity index (χ0) is 18.6. The summed E-state index contributed by atoms with van der Waals surface area (Å²) in [6.07, 6.45) is 17.1. The molecule has 0 aromatic rings. The minimum atomic E-state index is -0.203. The molecule has 0 heterocycles. The molecule has 0 aliphatic heterocycles. The van der Waals surface area contributed by atoms with Crippen molar-refractivity contribution in [3.8, 4) is 0 Å². The minimum absolute atomic E-state index is 0.0452. The van der Waals surface area contributed by atoms with Gasteiger partial charge in [-0.05, 0) is 88.0 Å². The minimum Gasteiger partial charge on any atom is -0.495 e. The van der Waals surface area contributed by atoms with E-state index in [1.807, 2.05) is 0 Å². The number of allylic oxidation sites excluding steroid dienone is 3. The third-order valence-corrected chi connectivity index (χ3v) is 9.29. The molecule has 0 bridgehead atoms. The van der Waals surface area contributed by atoms with Crippen molar-refractivity contribution in [1.29, 1.82) is 0 Å². The lowest BCUT2D eigenvalue weighted by molar-refractivity contribution is -0.0945. The van der Waals surface area contributed by atoms with Crippen LogP contribution in [0.3, 0.4) is 0 Å². The SMILES string of the molecule is C[C@]12CC[C@@H]3[C@@H](CC=C4CC(O)CC[C@@]43CO)[C@@H]1CCC2OC1=CCCC1. The Hall–Kier alpha value is -0.800. The van der Waals surface area contributed by atoms with E-state index in [1.165, 1.54) is 49.9 Å². The fourth-order valence-corrected chi connectivity index (χ4v) is 7.81. The van der Waals surface area contributed by atoms with Crippen LogP contribution < -0.4 is 0 Å². The van der Waals surface area contributed by atoms with Gasteiger partial charge >= 0.3 is 0 Å². The van der Waals surface area contributed by atoms with E-state index >= 15 is 0 Å². The molecule has 5 aliphatic carbocycles. The van der Waals surface area contributed by atoms with Crippen LogP contribution in [-0.2, 0) is 4.74 Å². The molecule has 3 heteroatoms. The summed E-state index contributed by atoms with van der Waals surface area (Å²) in [6, 6.07) is 0. The van der Waals surface area contributed by atoms with Crippen LogP contribution in [-0.4, -0.2) is 29.0 Å². The second kappa shape index (κ2) is 6.62. The van der Waals surface area contributed by atoms with Crippen LogP contribution in [0.5, 0.6) is 0 Å². The lowest BCUT2D eigenvalue weighted by Crippen LogP contribution is -2.53. The molecule has 3 saturated carbocycles. The molecule has 0 saturated heterocycles. The van der Waals surface area contributed by atoms with Crippen molar-refractivity contribution in [2.45, 2.75) is 89.8 Å². The van der Waals surface area contributed by atoms with Crippen LogP contribution in [0.2, 0.25) is 0 Å². The average molecular weight is 373 g/mol. The number of rotatable bonds is 3. The van der Waals surface area contributed by atoms with Crippen molar-refractivity contribution in [2.75, 3.05) is 6.61 Å². The van der Waals surface area contributed by atoms with E-state index in [9.17, 15) is 10.2 Å². The fraction of sp³-hybridized carbons (Fsp3) is 0.833. The van der Waals surface area contributed by atoms with E-state index in [0.29, 0.717) is 23.4 Å². The van der Waals surface area contributed by atoms with Crippen LogP contribution in [0.15, 0.2) is 23.5 Å². The predicted octanol–water partition coefficient (Wildman–Crippen LogP) is 4.74. The highest BCUT2D eigenvalue weighted by Crippen LogP contribution is 2.65. The first-order chi connectivity index (χ1) is 13.1. The molecule has 3 nitrogen and oxygen atoms in total. The molecular weight excluding hydrogens is 336 g/mol. The Kier molecular flexibility index (Phi) is 4.48. The Bertz CT molecular complexity index is 652. The van der Waals surface area contributed by atoms with Crippen molar-refractivity contribution < 1.29 is 14.9 Å². The summed E-state index contributed by atoms with van der Waals surface area (Å²) in [5.41, 5.74) is 1.62. The van der Waals surface area contributed by atoms with Gasteiger partial charge in [-0.2, -0.15) is 0 Å². The number of ether oxygens (including phenoxy) is 1. The van der Waals surface area contributed by atoms with Gasteiger partial charge in [0.15, 0.2) is 0 Å². The normalized spacial score (nSPS) is 48.9. The monoisotopic (exact) mass is 372 g/mol. The first kappa shape index (κ1) is 18.2. The van der Waals surface area contributed by atoms with Gasteiger partial charge in [0.05, 0.1) is 18.5 Å². The zero-order valence-corrected chi connectivity index (χ0v) is 16.8. The number of hydrogen-bond acceptors (Lipinski definition) is 3. The number of aliphatic hydroxyl groups is 2. The van der Waals surface area contributed by atoms with E-state index in [2.05, 4.69) is 19.1 Å². The van der Waals surface area contributed by atoms with E-state index in [0.717, 1.165) is 38.0 Å². The quantitative estimate of drug-likeness (QED) is 0.704. The lowest BCUT2D eigenvalue weighted by atomic mass is 9.47. The smallest absolute Gasteiger partial charge is 0.104 e. The van der Waals surface area contributed by atoms with Crippen molar-refractivity contribution in [1.82, 2.24) is 0 Å². The van der Waals surface area contributed by atoms with Gasteiger partial charge in [-0.15, -0.1) is 0 Å². The first-order valence-corrected chi connectivity index (χ1v) is 11.4. The highest BCUT2D eigenvalue weighted by atomic mass is 16.5. The molecule has 0 spiro atoms. The molecule has 2 unspecified atom stereocenters. The molecule has 3 fully saturated rings. The van der Waals surface area contributed by atoms with Gasteiger partial charge in [-0.25, -0.2) is 0 Å². The first-order valence-electron chi connectivity index (χ1n) is 11.4.